The molecule has 0 saturated carbocycles. The van der Waals surface area contributed by atoms with Gasteiger partial charge in [-0.15, -0.1) is 0 Å². The lowest BCUT2D eigenvalue weighted by Crippen LogP contribution is -2.43. The number of anilines is 1. The van der Waals surface area contributed by atoms with Crippen LogP contribution in [0.2, 0.25) is 0 Å². The molecule has 40 heavy (non-hydrogen) atoms. The smallest absolute Gasteiger partial charge is 0.310 e. The SMILES string of the molecule is CCOC(=O)C1CCCN(c2c(/C=C3\SC(=S)N(Cc4ccc(OC)cc4)C3=O)c(C)c(C#N)c(=O)n2CC)C1. The lowest BCUT2D eigenvalue weighted by molar-refractivity contribution is -0.148. The highest BCUT2D eigenvalue weighted by Gasteiger charge is 2.35. The van der Waals surface area contributed by atoms with Crippen LogP contribution >= 0.6 is 24.0 Å². The van der Waals surface area contributed by atoms with Crippen molar-refractivity contribution in [3.63, 3.8) is 0 Å². The van der Waals surface area contributed by atoms with Gasteiger partial charge in [-0.05, 0) is 62.9 Å². The van der Waals surface area contributed by atoms with Crippen molar-refractivity contribution >= 4 is 52.1 Å². The molecule has 1 aromatic heterocycles. The highest BCUT2D eigenvalue weighted by Crippen LogP contribution is 2.37. The number of thioether (sulfide) groups is 1. The number of nitriles is 1. The van der Waals surface area contributed by atoms with E-state index in [0.717, 1.165) is 17.7 Å². The Bertz CT molecular complexity index is 1460. The minimum absolute atomic E-state index is 0.0320. The molecule has 0 spiro atoms. The molecule has 9 nitrogen and oxygen atoms in total. The second-order valence-corrected chi connectivity index (χ2v) is 11.2. The minimum atomic E-state index is -0.389. The predicted molar refractivity (Wildman–Crippen MR) is 159 cm³/mol. The van der Waals surface area contributed by atoms with E-state index in [2.05, 4.69) is 6.07 Å². The second-order valence-electron chi connectivity index (χ2n) is 9.55. The first-order valence-electron chi connectivity index (χ1n) is 13.2. The van der Waals surface area contributed by atoms with Crippen LogP contribution in [0.1, 0.15) is 48.9 Å². The third kappa shape index (κ3) is 5.78. The van der Waals surface area contributed by atoms with E-state index < -0.39 is 0 Å². The number of nitrogens with zero attached hydrogens (tertiary/aromatic N) is 4. The number of rotatable bonds is 8. The average Bonchev–Trinajstić information content (AvgIpc) is 3.22. The van der Waals surface area contributed by atoms with Gasteiger partial charge in [-0.1, -0.05) is 36.1 Å². The van der Waals surface area contributed by atoms with Crippen LogP contribution in [0.5, 0.6) is 5.75 Å². The van der Waals surface area contributed by atoms with E-state index in [1.54, 1.807) is 36.5 Å². The Morgan fingerprint density at radius 2 is 1.98 bits per heavy atom. The normalized spacial score (nSPS) is 18.3. The molecule has 2 aromatic rings. The number of ether oxygens (including phenoxy) is 2. The molecule has 1 unspecified atom stereocenters. The maximum absolute atomic E-state index is 13.6. The molecule has 2 fully saturated rings. The lowest BCUT2D eigenvalue weighted by Gasteiger charge is -2.36. The molecule has 2 aliphatic heterocycles. The van der Waals surface area contributed by atoms with Crippen LogP contribution in [0.15, 0.2) is 34.0 Å². The van der Waals surface area contributed by atoms with Gasteiger partial charge in [0, 0.05) is 25.2 Å². The van der Waals surface area contributed by atoms with E-state index in [9.17, 15) is 19.6 Å². The summed E-state index contributed by atoms with van der Waals surface area (Å²) >= 11 is 6.76. The quantitative estimate of drug-likeness (QED) is 0.258. The molecule has 3 heterocycles. The predicted octanol–water partition coefficient (Wildman–Crippen LogP) is 4.24. The zero-order valence-corrected chi connectivity index (χ0v) is 24.7. The van der Waals surface area contributed by atoms with Crippen molar-refractivity contribution in [2.75, 3.05) is 31.7 Å². The first-order chi connectivity index (χ1) is 19.2. The number of hydrogen-bond acceptors (Lipinski definition) is 9. The van der Waals surface area contributed by atoms with Gasteiger partial charge in [0.05, 0.1) is 31.1 Å². The molecule has 1 atom stereocenters. The first kappa shape index (κ1) is 29.4. The number of aromatic nitrogens is 1. The van der Waals surface area contributed by atoms with Crippen LogP contribution in [-0.4, -0.2) is 52.5 Å². The van der Waals surface area contributed by atoms with Gasteiger partial charge in [-0.25, -0.2) is 0 Å². The molecule has 1 amide bonds. The standard InChI is InChI=1S/C29H32N4O5S2/c1-5-32-25(31-13-7-8-20(17-31)28(36)38-6-2)22(18(3)23(15-30)26(32)34)14-24-27(35)33(29(39)40-24)16-19-9-11-21(37-4)12-10-19/h9-12,14,20H,5-8,13,16-17H2,1-4H3/b24-14-. The molecule has 0 N–H and O–H groups in total. The van der Waals surface area contributed by atoms with E-state index in [4.69, 9.17) is 21.7 Å². The molecule has 0 radical (unpaired) electrons. The number of hydrogen-bond donors (Lipinski definition) is 0. The third-order valence-corrected chi connectivity index (χ3v) is 8.53. The Hall–Kier alpha value is -3.62. The maximum Gasteiger partial charge on any atom is 0.310 e. The molecule has 1 aromatic carbocycles. The van der Waals surface area contributed by atoms with E-state index in [-0.39, 0.29) is 28.9 Å². The van der Waals surface area contributed by atoms with Crippen molar-refractivity contribution in [2.45, 2.75) is 46.7 Å². The molecule has 0 bridgehead atoms. The number of esters is 1. The number of benzene rings is 1. The van der Waals surface area contributed by atoms with Crippen LogP contribution < -0.4 is 15.2 Å². The molecule has 2 saturated heterocycles. The van der Waals surface area contributed by atoms with Crippen LogP contribution in [0.25, 0.3) is 6.08 Å². The summed E-state index contributed by atoms with van der Waals surface area (Å²) in [6.45, 7) is 7.27. The number of piperidine rings is 1. The summed E-state index contributed by atoms with van der Waals surface area (Å²) in [5, 5.41) is 9.85. The molecule has 210 valence electrons. The summed E-state index contributed by atoms with van der Waals surface area (Å²) in [5.41, 5.74) is 1.64. The summed E-state index contributed by atoms with van der Waals surface area (Å²) in [7, 11) is 1.60. The van der Waals surface area contributed by atoms with E-state index in [1.165, 1.54) is 11.8 Å². The van der Waals surface area contributed by atoms with Crippen molar-refractivity contribution < 1.29 is 19.1 Å². The Morgan fingerprint density at radius 3 is 2.60 bits per heavy atom. The van der Waals surface area contributed by atoms with Gasteiger partial charge >= 0.3 is 5.97 Å². The van der Waals surface area contributed by atoms with Gasteiger partial charge in [0.2, 0.25) is 0 Å². The minimum Gasteiger partial charge on any atom is -0.497 e. The fourth-order valence-electron chi connectivity index (χ4n) is 5.08. The number of amides is 1. The van der Waals surface area contributed by atoms with Gasteiger partial charge in [0.25, 0.3) is 11.5 Å². The number of methoxy groups -OCH3 is 1. The Kier molecular flexibility index (Phi) is 9.32. The van der Waals surface area contributed by atoms with Crippen LogP contribution in [0.3, 0.4) is 0 Å². The van der Waals surface area contributed by atoms with Crippen molar-refractivity contribution in [1.82, 2.24) is 9.47 Å². The van der Waals surface area contributed by atoms with E-state index in [0.29, 0.717) is 65.4 Å². The van der Waals surface area contributed by atoms with Crippen molar-refractivity contribution in [3.05, 3.63) is 61.8 Å². The van der Waals surface area contributed by atoms with Gasteiger partial charge in [0.15, 0.2) is 0 Å². The zero-order chi connectivity index (χ0) is 29.0. The topological polar surface area (TPSA) is 105 Å². The fraction of sp³-hybridized carbons (Fsp3) is 0.414. The van der Waals surface area contributed by atoms with Crippen LogP contribution in [-0.2, 0) is 27.4 Å². The largest absolute Gasteiger partial charge is 0.497 e. The average molecular weight is 581 g/mol. The molecule has 4 rings (SSSR count). The maximum atomic E-state index is 13.6. The third-order valence-electron chi connectivity index (χ3n) is 7.15. The Balaban J connectivity index is 1.76. The Labute approximate surface area is 243 Å². The second kappa shape index (κ2) is 12.7. The van der Waals surface area contributed by atoms with Gasteiger partial charge in [-0.2, -0.15) is 5.26 Å². The summed E-state index contributed by atoms with van der Waals surface area (Å²) < 4.78 is 12.5. The van der Waals surface area contributed by atoms with Gasteiger partial charge in [-0.3, -0.25) is 23.9 Å². The number of carbonyl (C=O) groups excluding carboxylic acids is 2. The number of carbonyl (C=O) groups is 2. The highest BCUT2D eigenvalue weighted by atomic mass is 32.2. The Morgan fingerprint density at radius 1 is 1.25 bits per heavy atom. The summed E-state index contributed by atoms with van der Waals surface area (Å²) in [4.78, 5) is 43.4. The first-order valence-corrected chi connectivity index (χ1v) is 14.4. The summed E-state index contributed by atoms with van der Waals surface area (Å²) in [6.07, 6.45) is 3.17. The lowest BCUT2D eigenvalue weighted by atomic mass is 9.96. The zero-order valence-electron chi connectivity index (χ0n) is 23.1. The van der Waals surface area contributed by atoms with Gasteiger partial charge in [0.1, 0.15) is 27.5 Å². The summed E-state index contributed by atoms with van der Waals surface area (Å²) in [5.74, 6) is 0.481. The van der Waals surface area contributed by atoms with Crippen LogP contribution in [0, 0.1) is 24.2 Å². The van der Waals surface area contributed by atoms with E-state index in [1.807, 2.05) is 36.1 Å². The fourth-order valence-corrected chi connectivity index (χ4v) is 6.32. The monoisotopic (exact) mass is 580 g/mol. The molecular formula is C29H32N4O5S2. The summed E-state index contributed by atoms with van der Waals surface area (Å²) in [6, 6.07) is 9.49. The molecular weight excluding hydrogens is 548 g/mol. The van der Waals surface area contributed by atoms with Crippen molar-refractivity contribution in [2.24, 2.45) is 5.92 Å². The molecule has 11 heteroatoms. The molecule has 0 aliphatic carbocycles. The van der Waals surface area contributed by atoms with Crippen LogP contribution in [0.4, 0.5) is 5.82 Å². The molecule has 2 aliphatic rings. The highest BCUT2D eigenvalue weighted by molar-refractivity contribution is 8.26. The van der Waals surface area contributed by atoms with Crippen molar-refractivity contribution in [1.29, 1.82) is 5.26 Å². The van der Waals surface area contributed by atoms with Crippen molar-refractivity contribution in [3.8, 4) is 11.8 Å². The van der Waals surface area contributed by atoms with E-state index >= 15 is 0 Å². The number of thiocarbonyl (C=S) groups is 1. The van der Waals surface area contributed by atoms with Gasteiger partial charge < -0.3 is 14.4 Å². The number of pyridine rings is 1.